The number of aromatic nitrogens is 1. The zero-order chi connectivity index (χ0) is 9.97. The average molecular weight is 208 g/mol. The molecule has 1 aromatic rings. The molecule has 2 N–H and O–H groups in total. The molecule has 2 nitrogen and oxygen atoms in total. The van der Waals surface area contributed by atoms with E-state index in [0.717, 1.165) is 11.2 Å². The third kappa shape index (κ3) is 2.04. The van der Waals surface area contributed by atoms with Crippen LogP contribution in [0.15, 0.2) is 12.3 Å². The van der Waals surface area contributed by atoms with Gasteiger partial charge in [-0.25, -0.2) is 0 Å². The van der Waals surface area contributed by atoms with E-state index in [1.165, 1.54) is 30.4 Å². The summed E-state index contributed by atoms with van der Waals surface area (Å²) in [5, 5.41) is 3.54. The van der Waals surface area contributed by atoms with Gasteiger partial charge in [-0.2, -0.15) is 0 Å². The number of pyridine rings is 1. The lowest BCUT2D eigenvalue weighted by atomic mass is 9.96. The predicted octanol–water partition coefficient (Wildman–Crippen LogP) is 2.87. The van der Waals surface area contributed by atoms with Crippen LogP contribution in [-0.4, -0.2) is 11.5 Å². The van der Waals surface area contributed by atoms with E-state index >= 15 is 0 Å². The smallest absolute Gasteiger partial charge is 0.103 e. The number of rotatable bonds is 1. The highest BCUT2D eigenvalue weighted by Gasteiger charge is 2.15. The van der Waals surface area contributed by atoms with E-state index in [4.69, 9.17) is 12.2 Å². The van der Waals surface area contributed by atoms with Crippen molar-refractivity contribution in [2.24, 2.45) is 0 Å². The van der Waals surface area contributed by atoms with Crippen molar-refractivity contribution in [2.45, 2.75) is 32.2 Å². The first-order valence-electron chi connectivity index (χ1n) is 5.20. The monoisotopic (exact) mass is 208 g/mol. The van der Waals surface area contributed by atoms with Crippen molar-refractivity contribution >= 4 is 12.2 Å². The molecule has 0 saturated carbocycles. The van der Waals surface area contributed by atoms with E-state index in [1.54, 1.807) is 0 Å². The molecule has 0 aliphatic carbocycles. The minimum atomic E-state index is 0.524. The zero-order valence-electron chi connectivity index (χ0n) is 8.47. The fourth-order valence-corrected chi connectivity index (χ4v) is 2.31. The molecule has 1 aromatic heterocycles. The highest BCUT2D eigenvalue weighted by molar-refractivity contribution is 7.71. The number of piperidine rings is 1. The molecule has 76 valence electrons. The van der Waals surface area contributed by atoms with Gasteiger partial charge in [0.2, 0.25) is 0 Å². The molecule has 3 heteroatoms. The van der Waals surface area contributed by atoms with Gasteiger partial charge in [0.1, 0.15) is 4.64 Å². The van der Waals surface area contributed by atoms with Crippen molar-refractivity contribution in [1.82, 2.24) is 10.3 Å². The number of nitrogens with one attached hydrogen (secondary N) is 2. The zero-order valence-corrected chi connectivity index (χ0v) is 9.29. The molecule has 0 unspecified atom stereocenters. The lowest BCUT2D eigenvalue weighted by Gasteiger charge is -2.24. The fraction of sp³-hybridized carbons (Fsp3) is 0.545. The van der Waals surface area contributed by atoms with Crippen LogP contribution in [0.4, 0.5) is 0 Å². The van der Waals surface area contributed by atoms with E-state index in [-0.39, 0.29) is 0 Å². The van der Waals surface area contributed by atoms with E-state index in [9.17, 15) is 0 Å². The van der Waals surface area contributed by atoms with Crippen molar-refractivity contribution in [3.05, 3.63) is 28.0 Å². The fourth-order valence-electron chi connectivity index (χ4n) is 2.08. The Hall–Kier alpha value is -0.670. The molecule has 1 atom stereocenters. The van der Waals surface area contributed by atoms with E-state index in [1.807, 2.05) is 6.07 Å². The molecule has 2 rings (SSSR count). The second-order valence-corrected chi connectivity index (χ2v) is 4.38. The van der Waals surface area contributed by atoms with Crippen molar-refractivity contribution in [3.8, 4) is 0 Å². The van der Waals surface area contributed by atoms with Crippen LogP contribution in [0, 0.1) is 11.6 Å². The maximum Gasteiger partial charge on any atom is 0.103 e. The Bertz CT molecular complexity index is 364. The van der Waals surface area contributed by atoms with Crippen LogP contribution in [0.3, 0.4) is 0 Å². The van der Waals surface area contributed by atoms with Gasteiger partial charge >= 0.3 is 0 Å². The number of aryl methyl sites for hydroxylation is 1. The third-order valence-electron chi connectivity index (χ3n) is 2.86. The maximum absolute atomic E-state index is 5.08. The van der Waals surface area contributed by atoms with Gasteiger partial charge in [0.05, 0.1) is 0 Å². The highest BCUT2D eigenvalue weighted by Crippen LogP contribution is 2.24. The normalized spacial score (nSPS) is 22.2. The van der Waals surface area contributed by atoms with Gasteiger partial charge in [-0.1, -0.05) is 18.6 Å². The second-order valence-electron chi connectivity index (χ2n) is 3.94. The third-order valence-corrected chi connectivity index (χ3v) is 3.09. The van der Waals surface area contributed by atoms with Crippen LogP contribution < -0.4 is 5.32 Å². The first-order chi connectivity index (χ1) is 6.77. The molecule has 0 spiro atoms. The van der Waals surface area contributed by atoms with Crippen LogP contribution >= 0.6 is 12.2 Å². The molecule has 0 amide bonds. The Labute approximate surface area is 89.7 Å². The summed E-state index contributed by atoms with van der Waals surface area (Å²) >= 11 is 5.08. The molecule has 14 heavy (non-hydrogen) atoms. The lowest BCUT2D eigenvalue weighted by molar-refractivity contribution is 0.410. The Morgan fingerprint density at radius 1 is 1.43 bits per heavy atom. The summed E-state index contributed by atoms with van der Waals surface area (Å²) in [5.74, 6) is 0. The Balaban J connectivity index is 2.26. The van der Waals surface area contributed by atoms with Crippen LogP contribution in [0.25, 0.3) is 0 Å². The van der Waals surface area contributed by atoms with Gasteiger partial charge in [-0.15, -0.1) is 0 Å². The lowest BCUT2D eigenvalue weighted by Crippen LogP contribution is -2.27. The summed E-state index contributed by atoms with van der Waals surface area (Å²) in [6, 6.07) is 2.57. The van der Waals surface area contributed by atoms with Crippen molar-refractivity contribution in [3.63, 3.8) is 0 Å². The molecule has 1 fully saturated rings. The van der Waals surface area contributed by atoms with E-state index in [2.05, 4.69) is 23.4 Å². The molecule has 0 aromatic carbocycles. The molecular weight excluding hydrogens is 192 g/mol. The highest BCUT2D eigenvalue weighted by atomic mass is 32.1. The summed E-state index contributed by atoms with van der Waals surface area (Å²) in [6.45, 7) is 3.27. The predicted molar refractivity (Wildman–Crippen MR) is 61.0 cm³/mol. The number of hydrogen-bond acceptors (Lipinski definition) is 2. The standard InChI is InChI=1S/C11H16N2S/c1-8-6-11(14)13-7-9(8)10-4-2-3-5-12-10/h6-7,10,12H,2-5H2,1H3,(H,13,14)/t10-/m0/s1. The minimum absolute atomic E-state index is 0.524. The van der Waals surface area contributed by atoms with Crippen LogP contribution in [0.5, 0.6) is 0 Å². The molecule has 0 radical (unpaired) electrons. The SMILES string of the molecule is Cc1cc(=S)[nH]cc1[C@@H]1CCCCN1. The van der Waals surface area contributed by atoms with Gasteiger partial charge in [0.25, 0.3) is 0 Å². The van der Waals surface area contributed by atoms with Crippen molar-refractivity contribution in [2.75, 3.05) is 6.54 Å². The first-order valence-corrected chi connectivity index (χ1v) is 5.61. The Morgan fingerprint density at radius 3 is 2.93 bits per heavy atom. The van der Waals surface area contributed by atoms with Gasteiger partial charge in [-0.05, 0) is 43.5 Å². The first kappa shape index (κ1) is 9.87. The molecule has 1 aliphatic heterocycles. The summed E-state index contributed by atoms with van der Waals surface area (Å²) in [5.41, 5.74) is 2.67. The summed E-state index contributed by atoms with van der Waals surface area (Å²) in [7, 11) is 0. The van der Waals surface area contributed by atoms with Crippen LogP contribution in [-0.2, 0) is 0 Å². The minimum Gasteiger partial charge on any atom is -0.353 e. The quantitative estimate of drug-likeness (QED) is 0.695. The number of H-pyrrole nitrogens is 1. The largest absolute Gasteiger partial charge is 0.353 e. The Morgan fingerprint density at radius 2 is 2.29 bits per heavy atom. The van der Waals surface area contributed by atoms with Gasteiger partial charge in [0, 0.05) is 12.2 Å². The maximum atomic E-state index is 5.08. The topological polar surface area (TPSA) is 27.8 Å². The van der Waals surface area contributed by atoms with Gasteiger partial charge < -0.3 is 10.3 Å². The molecule has 2 heterocycles. The Kier molecular flexibility index (Phi) is 2.99. The van der Waals surface area contributed by atoms with Gasteiger partial charge in [0.15, 0.2) is 0 Å². The summed E-state index contributed by atoms with van der Waals surface area (Å²) in [4.78, 5) is 3.11. The van der Waals surface area contributed by atoms with Crippen LogP contribution in [0.2, 0.25) is 0 Å². The molecule has 0 bridgehead atoms. The summed E-state index contributed by atoms with van der Waals surface area (Å²) < 4.78 is 0.821. The molecule has 1 saturated heterocycles. The number of aromatic amines is 1. The van der Waals surface area contributed by atoms with E-state index in [0.29, 0.717) is 6.04 Å². The number of hydrogen-bond donors (Lipinski definition) is 2. The summed E-state index contributed by atoms with van der Waals surface area (Å²) in [6.07, 6.45) is 5.93. The molecular formula is C11H16N2S. The van der Waals surface area contributed by atoms with Crippen LogP contribution in [0.1, 0.15) is 36.4 Å². The second kappa shape index (κ2) is 4.24. The average Bonchev–Trinajstić information content (AvgIpc) is 2.19. The van der Waals surface area contributed by atoms with Crippen molar-refractivity contribution < 1.29 is 0 Å². The molecule has 1 aliphatic rings. The van der Waals surface area contributed by atoms with Crippen molar-refractivity contribution in [1.29, 1.82) is 0 Å². The van der Waals surface area contributed by atoms with Gasteiger partial charge in [-0.3, -0.25) is 0 Å². The van der Waals surface area contributed by atoms with E-state index < -0.39 is 0 Å².